The second-order valence-corrected chi connectivity index (χ2v) is 5.52. The molecule has 0 saturated heterocycles. The Morgan fingerprint density at radius 3 is 2.44 bits per heavy atom. The van der Waals surface area contributed by atoms with Gasteiger partial charge in [-0.25, -0.2) is 4.98 Å². The highest BCUT2D eigenvalue weighted by Gasteiger charge is 2.40. The van der Waals surface area contributed by atoms with Gasteiger partial charge in [0.1, 0.15) is 5.82 Å². The Balaban J connectivity index is 1.56. The first-order valence-corrected chi connectivity index (χ1v) is 6.74. The molecule has 1 aromatic rings. The second kappa shape index (κ2) is 4.59. The van der Waals surface area contributed by atoms with E-state index in [0.717, 1.165) is 30.1 Å². The second-order valence-electron chi connectivity index (χ2n) is 5.52. The number of nitrogens with two attached hydrogens (primary N) is 1. The summed E-state index contributed by atoms with van der Waals surface area (Å²) in [7, 11) is 0. The Kier molecular flexibility index (Phi) is 2.94. The van der Waals surface area contributed by atoms with Crippen molar-refractivity contribution in [3.05, 3.63) is 23.9 Å². The van der Waals surface area contributed by atoms with Crippen LogP contribution >= 0.6 is 0 Å². The van der Waals surface area contributed by atoms with Crippen molar-refractivity contribution in [3.8, 4) is 0 Å². The molecule has 1 aromatic heterocycles. The van der Waals surface area contributed by atoms with E-state index in [2.05, 4.69) is 10.3 Å². The van der Waals surface area contributed by atoms with Gasteiger partial charge in [0.2, 0.25) is 5.91 Å². The molecule has 96 valence electrons. The number of primary amides is 1. The van der Waals surface area contributed by atoms with Crippen LogP contribution in [0, 0.1) is 17.8 Å². The van der Waals surface area contributed by atoms with Crippen molar-refractivity contribution in [2.45, 2.75) is 25.7 Å². The molecule has 0 radical (unpaired) electrons. The first-order valence-electron chi connectivity index (χ1n) is 6.74. The number of aromatic nitrogens is 1. The van der Waals surface area contributed by atoms with Crippen molar-refractivity contribution in [2.75, 3.05) is 11.9 Å². The smallest absolute Gasteiger partial charge is 0.250 e. The van der Waals surface area contributed by atoms with E-state index in [4.69, 9.17) is 5.73 Å². The molecule has 2 aliphatic rings. The maximum absolute atomic E-state index is 10.9. The summed E-state index contributed by atoms with van der Waals surface area (Å²) in [6.45, 7) is 1.01. The van der Waals surface area contributed by atoms with Crippen LogP contribution in [0.5, 0.6) is 0 Å². The van der Waals surface area contributed by atoms with Gasteiger partial charge in [-0.2, -0.15) is 0 Å². The van der Waals surface area contributed by atoms with Gasteiger partial charge in [0, 0.05) is 12.7 Å². The molecule has 4 heteroatoms. The van der Waals surface area contributed by atoms with Crippen molar-refractivity contribution in [1.82, 2.24) is 4.98 Å². The number of hydrogen-bond donors (Lipinski definition) is 2. The molecule has 1 heterocycles. The van der Waals surface area contributed by atoms with Crippen LogP contribution in [0.15, 0.2) is 18.3 Å². The lowest BCUT2D eigenvalue weighted by molar-refractivity contribution is 0.1000. The lowest BCUT2D eigenvalue weighted by Crippen LogP contribution is -2.19. The fraction of sp³-hybridized carbons (Fsp3) is 0.571. The van der Waals surface area contributed by atoms with Crippen LogP contribution in [0.25, 0.3) is 0 Å². The predicted molar refractivity (Wildman–Crippen MR) is 70.2 cm³/mol. The summed E-state index contributed by atoms with van der Waals surface area (Å²) in [5.41, 5.74) is 5.64. The van der Waals surface area contributed by atoms with Crippen LogP contribution in [0.3, 0.4) is 0 Å². The van der Waals surface area contributed by atoms with E-state index in [0.29, 0.717) is 5.56 Å². The molecule has 0 aliphatic heterocycles. The minimum atomic E-state index is -0.428. The summed E-state index contributed by atoms with van der Waals surface area (Å²) < 4.78 is 0. The summed E-state index contributed by atoms with van der Waals surface area (Å²) in [6.07, 6.45) is 7.13. The van der Waals surface area contributed by atoms with E-state index in [1.165, 1.54) is 31.9 Å². The van der Waals surface area contributed by atoms with Crippen LogP contribution in [-0.4, -0.2) is 17.4 Å². The molecule has 0 atom stereocenters. The molecule has 3 N–H and O–H groups in total. The van der Waals surface area contributed by atoms with Gasteiger partial charge in [-0.3, -0.25) is 4.79 Å². The standard InChI is InChI=1S/C14H19N3O/c15-14(18)11-5-6-13(16-7-11)17-8-12(9-1-2-9)10-3-4-10/h5-7,9-10,12H,1-4,8H2,(H2,15,18)(H,16,17). The summed E-state index contributed by atoms with van der Waals surface area (Å²) in [6, 6.07) is 3.55. The summed E-state index contributed by atoms with van der Waals surface area (Å²) in [4.78, 5) is 15.2. The highest BCUT2D eigenvalue weighted by molar-refractivity contribution is 5.92. The van der Waals surface area contributed by atoms with Crippen LogP contribution in [0.4, 0.5) is 5.82 Å². The number of nitrogens with zero attached hydrogens (tertiary/aromatic N) is 1. The molecule has 18 heavy (non-hydrogen) atoms. The molecule has 4 nitrogen and oxygen atoms in total. The number of pyridine rings is 1. The van der Waals surface area contributed by atoms with Gasteiger partial charge in [0.25, 0.3) is 0 Å². The van der Waals surface area contributed by atoms with E-state index in [1.807, 2.05) is 6.07 Å². The Hall–Kier alpha value is -1.58. The van der Waals surface area contributed by atoms with Gasteiger partial charge in [-0.15, -0.1) is 0 Å². The zero-order valence-corrected chi connectivity index (χ0v) is 10.4. The van der Waals surface area contributed by atoms with Crippen molar-refractivity contribution >= 4 is 11.7 Å². The fourth-order valence-electron chi connectivity index (χ4n) is 2.63. The zero-order chi connectivity index (χ0) is 12.5. The van der Waals surface area contributed by atoms with Gasteiger partial charge in [-0.05, 0) is 55.6 Å². The molecular weight excluding hydrogens is 226 g/mol. The zero-order valence-electron chi connectivity index (χ0n) is 10.4. The number of hydrogen-bond acceptors (Lipinski definition) is 3. The number of anilines is 1. The van der Waals surface area contributed by atoms with E-state index >= 15 is 0 Å². The summed E-state index contributed by atoms with van der Waals surface area (Å²) in [5.74, 6) is 3.11. The lowest BCUT2D eigenvalue weighted by atomic mass is 9.98. The van der Waals surface area contributed by atoms with Crippen LogP contribution < -0.4 is 11.1 Å². The average Bonchev–Trinajstić information content (AvgIpc) is 3.24. The molecule has 0 aromatic carbocycles. The van der Waals surface area contributed by atoms with Gasteiger partial charge in [-0.1, -0.05) is 0 Å². The molecular formula is C14H19N3O. The van der Waals surface area contributed by atoms with Crippen molar-refractivity contribution in [1.29, 1.82) is 0 Å². The number of carbonyl (C=O) groups excluding carboxylic acids is 1. The largest absolute Gasteiger partial charge is 0.370 e. The highest BCUT2D eigenvalue weighted by Crippen LogP contribution is 2.49. The molecule has 3 rings (SSSR count). The van der Waals surface area contributed by atoms with Crippen molar-refractivity contribution < 1.29 is 4.79 Å². The highest BCUT2D eigenvalue weighted by atomic mass is 16.1. The van der Waals surface area contributed by atoms with Crippen molar-refractivity contribution in [3.63, 3.8) is 0 Å². The number of carbonyl (C=O) groups is 1. The Bertz CT molecular complexity index is 423. The van der Waals surface area contributed by atoms with Crippen LogP contribution in [-0.2, 0) is 0 Å². The molecule has 2 saturated carbocycles. The first kappa shape index (κ1) is 11.5. The minimum Gasteiger partial charge on any atom is -0.370 e. The summed E-state index contributed by atoms with van der Waals surface area (Å²) >= 11 is 0. The minimum absolute atomic E-state index is 0.428. The maximum Gasteiger partial charge on any atom is 0.250 e. The molecule has 0 bridgehead atoms. The average molecular weight is 245 g/mol. The van der Waals surface area contributed by atoms with E-state index < -0.39 is 5.91 Å². The molecule has 2 fully saturated rings. The lowest BCUT2D eigenvalue weighted by Gasteiger charge is -2.16. The normalized spacial score (nSPS) is 18.9. The quantitative estimate of drug-likeness (QED) is 0.805. The monoisotopic (exact) mass is 245 g/mol. The van der Waals surface area contributed by atoms with E-state index in [9.17, 15) is 4.79 Å². The fourth-order valence-corrected chi connectivity index (χ4v) is 2.63. The molecule has 0 unspecified atom stereocenters. The van der Waals surface area contributed by atoms with Crippen LogP contribution in [0.1, 0.15) is 36.0 Å². The Morgan fingerprint density at radius 2 is 2.00 bits per heavy atom. The molecule has 2 aliphatic carbocycles. The number of rotatable bonds is 6. The predicted octanol–water partition coefficient (Wildman–Crippen LogP) is 2.03. The maximum atomic E-state index is 10.9. The van der Waals surface area contributed by atoms with Gasteiger partial charge >= 0.3 is 0 Å². The van der Waals surface area contributed by atoms with Crippen LogP contribution in [0.2, 0.25) is 0 Å². The number of amides is 1. The number of nitrogens with one attached hydrogen (secondary N) is 1. The SMILES string of the molecule is NC(=O)c1ccc(NCC(C2CC2)C2CC2)nc1. The van der Waals surface area contributed by atoms with E-state index in [-0.39, 0.29) is 0 Å². The third-order valence-electron chi connectivity index (χ3n) is 4.02. The summed E-state index contributed by atoms with van der Waals surface area (Å²) in [5, 5.41) is 3.39. The topological polar surface area (TPSA) is 68.0 Å². The van der Waals surface area contributed by atoms with Gasteiger partial charge < -0.3 is 11.1 Å². The third-order valence-corrected chi connectivity index (χ3v) is 4.02. The molecule has 1 amide bonds. The molecule has 0 spiro atoms. The van der Waals surface area contributed by atoms with E-state index in [1.54, 1.807) is 6.07 Å². The van der Waals surface area contributed by atoms with Gasteiger partial charge in [0.05, 0.1) is 5.56 Å². The third kappa shape index (κ3) is 2.63. The van der Waals surface area contributed by atoms with Crippen molar-refractivity contribution in [2.24, 2.45) is 23.5 Å². The Labute approximate surface area is 107 Å². The first-order chi connectivity index (χ1) is 8.74. The Morgan fingerprint density at radius 1 is 1.33 bits per heavy atom. The van der Waals surface area contributed by atoms with Gasteiger partial charge in [0.15, 0.2) is 0 Å².